The first-order chi connectivity index (χ1) is 11.8. The number of nitrogens with zero attached hydrogens (tertiary/aromatic N) is 3. The molecule has 1 aliphatic heterocycles. The SMILES string of the molecule is COc1ccc(C2CCCN2Cc2nc(-c3ccco3)no2)cc1. The summed E-state index contributed by atoms with van der Waals surface area (Å²) < 4.78 is 15.9. The molecule has 124 valence electrons. The van der Waals surface area contributed by atoms with Crippen LogP contribution in [0.1, 0.15) is 30.3 Å². The molecule has 3 heterocycles. The summed E-state index contributed by atoms with van der Waals surface area (Å²) in [4.78, 5) is 6.81. The van der Waals surface area contributed by atoms with Crippen LogP contribution in [0.5, 0.6) is 5.75 Å². The predicted molar refractivity (Wildman–Crippen MR) is 87.4 cm³/mol. The first kappa shape index (κ1) is 15.0. The van der Waals surface area contributed by atoms with Crippen molar-refractivity contribution in [3.63, 3.8) is 0 Å². The van der Waals surface area contributed by atoms with Crippen LogP contribution in [-0.2, 0) is 6.54 Å². The molecule has 1 aliphatic rings. The number of likely N-dealkylation sites (tertiary alicyclic amines) is 1. The largest absolute Gasteiger partial charge is 0.497 e. The van der Waals surface area contributed by atoms with Crippen LogP contribution in [0.15, 0.2) is 51.6 Å². The number of hydrogen-bond donors (Lipinski definition) is 0. The quantitative estimate of drug-likeness (QED) is 0.713. The van der Waals surface area contributed by atoms with E-state index in [4.69, 9.17) is 13.7 Å². The number of ether oxygens (including phenoxy) is 1. The molecule has 1 saturated heterocycles. The van der Waals surface area contributed by atoms with Crippen LogP contribution < -0.4 is 4.74 Å². The van der Waals surface area contributed by atoms with E-state index in [0.29, 0.717) is 30.1 Å². The Morgan fingerprint density at radius 1 is 1.25 bits per heavy atom. The van der Waals surface area contributed by atoms with Crippen LogP contribution in [-0.4, -0.2) is 28.7 Å². The van der Waals surface area contributed by atoms with E-state index < -0.39 is 0 Å². The molecule has 3 aromatic rings. The van der Waals surface area contributed by atoms with Crippen molar-refractivity contribution in [2.24, 2.45) is 0 Å². The molecule has 2 aromatic heterocycles. The molecule has 0 aliphatic carbocycles. The Kier molecular flexibility index (Phi) is 4.04. The van der Waals surface area contributed by atoms with Gasteiger partial charge < -0.3 is 13.7 Å². The zero-order valence-corrected chi connectivity index (χ0v) is 13.5. The number of furan rings is 1. The van der Waals surface area contributed by atoms with Gasteiger partial charge in [-0.3, -0.25) is 4.90 Å². The van der Waals surface area contributed by atoms with Crippen molar-refractivity contribution in [1.29, 1.82) is 0 Å². The summed E-state index contributed by atoms with van der Waals surface area (Å²) in [6.45, 7) is 1.67. The van der Waals surface area contributed by atoms with Gasteiger partial charge in [0.2, 0.25) is 11.7 Å². The van der Waals surface area contributed by atoms with Gasteiger partial charge in [0, 0.05) is 6.04 Å². The first-order valence-corrected chi connectivity index (χ1v) is 8.08. The zero-order chi connectivity index (χ0) is 16.4. The summed E-state index contributed by atoms with van der Waals surface area (Å²) in [6, 6.07) is 12.3. The van der Waals surface area contributed by atoms with Crippen molar-refractivity contribution in [3.8, 4) is 17.3 Å². The van der Waals surface area contributed by atoms with E-state index in [0.717, 1.165) is 25.1 Å². The molecule has 6 nitrogen and oxygen atoms in total. The Bertz CT molecular complexity index is 780. The molecule has 1 aromatic carbocycles. The lowest BCUT2D eigenvalue weighted by atomic mass is 10.0. The fourth-order valence-electron chi connectivity index (χ4n) is 3.22. The lowest BCUT2D eigenvalue weighted by molar-refractivity contribution is 0.212. The van der Waals surface area contributed by atoms with Crippen LogP contribution in [0.25, 0.3) is 11.6 Å². The van der Waals surface area contributed by atoms with Crippen LogP contribution in [0.2, 0.25) is 0 Å². The van der Waals surface area contributed by atoms with Crippen LogP contribution in [0.3, 0.4) is 0 Å². The van der Waals surface area contributed by atoms with Crippen molar-refractivity contribution in [1.82, 2.24) is 15.0 Å². The van der Waals surface area contributed by atoms with E-state index >= 15 is 0 Å². The summed E-state index contributed by atoms with van der Waals surface area (Å²) in [7, 11) is 1.68. The maximum atomic E-state index is 5.39. The third-order valence-corrected chi connectivity index (χ3v) is 4.41. The second kappa shape index (κ2) is 6.49. The molecular weight excluding hydrogens is 306 g/mol. The standard InChI is InChI=1S/C18H19N3O3/c1-22-14-8-6-13(7-9-14)15-4-2-10-21(15)12-17-19-18(20-24-17)16-5-3-11-23-16/h3,5-9,11,15H,2,4,10,12H2,1H3. The molecule has 24 heavy (non-hydrogen) atoms. The molecular formula is C18H19N3O3. The van der Waals surface area contributed by atoms with Gasteiger partial charge in [0.05, 0.1) is 19.9 Å². The third kappa shape index (κ3) is 2.92. The van der Waals surface area contributed by atoms with Crippen LogP contribution in [0.4, 0.5) is 0 Å². The van der Waals surface area contributed by atoms with E-state index in [1.54, 1.807) is 13.4 Å². The summed E-state index contributed by atoms with van der Waals surface area (Å²) in [5.74, 6) is 2.61. The van der Waals surface area contributed by atoms with Gasteiger partial charge in [-0.25, -0.2) is 0 Å². The molecule has 4 rings (SSSR count). The number of methoxy groups -OCH3 is 1. The van der Waals surface area contributed by atoms with Gasteiger partial charge in [-0.05, 0) is 49.2 Å². The van der Waals surface area contributed by atoms with Gasteiger partial charge >= 0.3 is 0 Å². The van der Waals surface area contributed by atoms with E-state index in [1.165, 1.54) is 5.56 Å². The van der Waals surface area contributed by atoms with Crippen LogP contribution >= 0.6 is 0 Å². The molecule has 0 amide bonds. The van der Waals surface area contributed by atoms with E-state index in [9.17, 15) is 0 Å². The maximum absolute atomic E-state index is 5.39. The van der Waals surface area contributed by atoms with E-state index in [1.807, 2.05) is 24.3 Å². The van der Waals surface area contributed by atoms with Gasteiger partial charge in [-0.15, -0.1) is 0 Å². The molecule has 0 saturated carbocycles. The highest BCUT2D eigenvalue weighted by Gasteiger charge is 2.27. The molecule has 0 spiro atoms. The normalized spacial score (nSPS) is 18.1. The minimum atomic E-state index is 0.370. The molecule has 1 unspecified atom stereocenters. The zero-order valence-electron chi connectivity index (χ0n) is 13.5. The molecule has 0 N–H and O–H groups in total. The van der Waals surface area contributed by atoms with Gasteiger partial charge in [0.1, 0.15) is 5.75 Å². The Morgan fingerprint density at radius 3 is 2.88 bits per heavy atom. The second-order valence-corrected chi connectivity index (χ2v) is 5.89. The minimum Gasteiger partial charge on any atom is -0.497 e. The Balaban J connectivity index is 1.49. The summed E-state index contributed by atoms with van der Waals surface area (Å²) in [6.07, 6.45) is 3.90. The Hall–Kier alpha value is -2.60. The molecule has 0 bridgehead atoms. The predicted octanol–water partition coefficient (Wildman–Crippen LogP) is 3.68. The van der Waals surface area contributed by atoms with Gasteiger partial charge in [-0.1, -0.05) is 17.3 Å². The molecule has 0 radical (unpaired) electrons. The summed E-state index contributed by atoms with van der Waals surface area (Å²) in [5, 5.41) is 4.00. The fraction of sp³-hybridized carbons (Fsp3) is 0.333. The highest BCUT2D eigenvalue weighted by Crippen LogP contribution is 2.33. The Morgan fingerprint density at radius 2 is 2.12 bits per heavy atom. The third-order valence-electron chi connectivity index (χ3n) is 4.41. The lowest BCUT2D eigenvalue weighted by Crippen LogP contribution is -2.22. The van der Waals surface area contributed by atoms with Crippen LogP contribution in [0, 0.1) is 0 Å². The van der Waals surface area contributed by atoms with Gasteiger partial charge in [-0.2, -0.15) is 4.98 Å². The summed E-state index contributed by atoms with van der Waals surface area (Å²) >= 11 is 0. The minimum absolute atomic E-state index is 0.370. The van der Waals surface area contributed by atoms with Crippen molar-refractivity contribution in [2.75, 3.05) is 13.7 Å². The molecule has 6 heteroatoms. The maximum Gasteiger partial charge on any atom is 0.241 e. The topological polar surface area (TPSA) is 64.5 Å². The van der Waals surface area contributed by atoms with Gasteiger partial charge in [0.15, 0.2) is 5.76 Å². The van der Waals surface area contributed by atoms with E-state index in [2.05, 4.69) is 27.2 Å². The summed E-state index contributed by atoms with van der Waals surface area (Å²) in [5.41, 5.74) is 1.29. The van der Waals surface area contributed by atoms with Crippen molar-refractivity contribution in [3.05, 3.63) is 54.1 Å². The van der Waals surface area contributed by atoms with E-state index in [-0.39, 0.29) is 0 Å². The average molecular weight is 325 g/mol. The second-order valence-electron chi connectivity index (χ2n) is 5.89. The first-order valence-electron chi connectivity index (χ1n) is 8.08. The molecule has 1 atom stereocenters. The lowest BCUT2D eigenvalue weighted by Gasteiger charge is -2.23. The van der Waals surface area contributed by atoms with Crippen molar-refractivity contribution in [2.45, 2.75) is 25.4 Å². The highest BCUT2D eigenvalue weighted by atomic mass is 16.5. The van der Waals surface area contributed by atoms with Gasteiger partial charge in [0.25, 0.3) is 0 Å². The average Bonchev–Trinajstić information content (AvgIpc) is 3.37. The van der Waals surface area contributed by atoms with Crippen molar-refractivity contribution >= 4 is 0 Å². The number of benzene rings is 1. The Labute approximate surface area is 140 Å². The van der Waals surface area contributed by atoms with Crippen molar-refractivity contribution < 1.29 is 13.7 Å². The number of rotatable bonds is 5. The molecule has 1 fully saturated rings. The monoisotopic (exact) mass is 325 g/mol. The fourth-order valence-corrected chi connectivity index (χ4v) is 3.22. The smallest absolute Gasteiger partial charge is 0.241 e. The number of hydrogen-bond acceptors (Lipinski definition) is 6. The highest BCUT2D eigenvalue weighted by molar-refractivity contribution is 5.44. The number of aromatic nitrogens is 2.